The summed E-state index contributed by atoms with van der Waals surface area (Å²) in [5, 5.41) is 3.41. The van der Waals surface area contributed by atoms with Crippen LogP contribution in [0.1, 0.15) is 44.6 Å². The lowest BCUT2D eigenvalue weighted by atomic mass is 10.2. The summed E-state index contributed by atoms with van der Waals surface area (Å²) in [7, 11) is 1.68. The molecule has 130 valence electrons. The number of methoxy groups -OCH3 is 1. The number of benzene rings is 2. The summed E-state index contributed by atoms with van der Waals surface area (Å²) in [6.45, 7) is 3.85. The molecule has 0 spiro atoms. The van der Waals surface area contributed by atoms with E-state index in [-0.39, 0.29) is 0 Å². The molecule has 0 unspecified atom stereocenters. The van der Waals surface area contributed by atoms with E-state index >= 15 is 0 Å². The Morgan fingerprint density at radius 2 is 1.46 bits per heavy atom. The highest BCUT2D eigenvalue weighted by Gasteiger charge is 1.98. The van der Waals surface area contributed by atoms with Crippen molar-refractivity contribution < 1.29 is 9.47 Å². The smallest absolute Gasteiger partial charge is 0.119 e. The molecule has 0 aliphatic carbocycles. The lowest BCUT2D eigenvalue weighted by Crippen LogP contribution is -2.00. The first-order valence-corrected chi connectivity index (χ1v) is 8.91. The van der Waals surface area contributed by atoms with Crippen LogP contribution in [0, 0.1) is 0 Å². The summed E-state index contributed by atoms with van der Waals surface area (Å²) in [5.74, 6) is 1.83. The molecule has 0 aliphatic rings. The van der Waals surface area contributed by atoms with E-state index in [1.165, 1.54) is 31.2 Å². The van der Waals surface area contributed by atoms with Crippen LogP contribution in [0.2, 0.25) is 0 Å². The highest BCUT2D eigenvalue weighted by Crippen LogP contribution is 2.17. The average molecular weight is 327 g/mol. The number of rotatable bonds is 11. The van der Waals surface area contributed by atoms with Gasteiger partial charge in [-0.2, -0.15) is 0 Å². The zero-order chi connectivity index (χ0) is 17.0. The van der Waals surface area contributed by atoms with E-state index in [9.17, 15) is 0 Å². The zero-order valence-corrected chi connectivity index (χ0v) is 14.9. The highest BCUT2D eigenvalue weighted by molar-refractivity contribution is 5.46. The third kappa shape index (κ3) is 6.53. The third-order valence-corrected chi connectivity index (χ3v) is 4.03. The first-order chi connectivity index (χ1) is 11.8. The molecule has 0 bridgehead atoms. The molecule has 0 aliphatic heterocycles. The van der Waals surface area contributed by atoms with Crippen molar-refractivity contribution in [3.63, 3.8) is 0 Å². The Labute approximate surface area is 146 Å². The van der Waals surface area contributed by atoms with E-state index in [0.717, 1.165) is 36.8 Å². The van der Waals surface area contributed by atoms with Crippen LogP contribution in [0.25, 0.3) is 0 Å². The molecule has 2 aromatic rings. The van der Waals surface area contributed by atoms with Gasteiger partial charge in [-0.15, -0.1) is 0 Å². The Morgan fingerprint density at radius 1 is 0.792 bits per heavy atom. The average Bonchev–Trinajstić information content (AvgIpc) is 2.64. The first-order valence-electron chi connectivity index (χ1n) is 8.91. The summed E-state index contributed by atoms with van der Waals surface area (Å²) in [6.07, 6.45) is 6.33. The second-order valence-corrected chi connectivity index (χ2v) is 5.99. The maximum atomic E-state index is 5.80. The number of anilines is 1. The number of unbranched alkanes of at least 4 members (excludes halogenated alkanes) is 4. The highest BCUT2D eigenvalue weighted by atomic mass is 16.5. The largest absolute Gasteiger partial charge is 0.497 e. The van der Waals surface area contributed by atoms with Gasteiger partial charge in [0, 0.05) is 12.2 Å². The molecule has 2 rings (SSSR count). The quantitative estimate of drug-likeness (QED) is 0.540. The molecule has 0 amide bonds. The van der Waals surface area contributed by atoms with Crippen molar-refractivity contribution in [2.75, 3.05) is 19.0 Å². The number of hydrogen-bond donors (Lipinski definition) is 1. The maximum absolute atomic E-state index is 5.80. The van der Waals surface area contributed by atoms with Crippen molar-refractivity contribution >= 4 is 5.69 Å². The lowest BCUT2D eigenvalue weighted by molar-refractivity contribution is 0.304. The summed E-state index contributed by atoms with van der Waals surface area (Å²) in [4.78, 5) is 0. The van der Waals surface area contributed by atoms with Gasteiger partial charge in [0.1, 0.15) is 11.5 Å². The van der Waals surface area contributed by atoms with Gasteiger partial charge in [0.05, 0.1) is 13.7 Å². The third-order valence-electron chi connectivity index (χ3n) is 4.03. The van der Waals surface area contributed by atoms with Gasteiger partial charge >= 0.3 is 0 Å². The van der Waals surface area contributed by atoms with Crippen molar-refractivity contribution in [2.24, 2.45) is 0 Å². The van der Waals surface area contributed by atoms with Crippen LogP contribution >= 0.6 is 0 Å². The Balaban J connectivity index is 1.69. The van der Waals surface area contributed by atoms with Gasteiger partial charge in [0.25, 0.3) is 0 Å². The van der Waals surface area contributed by atoms with Crippen LogP contribution in [0.3, 0.4) is 0 Å². The minimum Gasteiger partial charge on any atom is -0.497 e. The number of hydrogen-bond acceptors (Lipinski definition) is 3. The molecule has 2 aromatic carbocycles. The fourth-order valence-electron chi connectivity index (χ4n) is 2.51. The topological polar surface area (TPSA) is 30.5 Å². The molecule has 0 saturated carbocycles. The molecular formula is C21H29NO2. The van der Waals surface area contributed by atoms with Crippen LogP contribution in [-0.4, -0.2) is 13.7 Å². The fourth-order valence-corrected chi connectivity index (χ4v) is 2.51. The molecule has 0 heterocycles. The van der Waals surface area contributed by atoms with Gasteiger partial charge in [0.15, 0.2) is 0 Å². The predicted molar refractivity (Wildman–Crippen MR) is 101 cm³/mol. The minimum absolute atomic E-state index is 0.795. The fraction of sp³-hybridized carbons (Fsp3) is 0.429. The summed E-state index contributed by atoms with van der Waals surface area (Å²) in [6, 6.07) is 16.3. The van der Waals surface area contributed by atoms with Crippen molar-refractivity contribution in [3.8, 4) is 11.5 Å². The van der Waals surface area contributed by atoms with E-state index in [4.69, 9.17) is 9.47 Å². The normalized spacial score (nSPS) is 10.4. The van der Waals surface area contributed by atoms with E-state index in [0.29, 0.717) is 0 Å². The lowest BCUT2D eigenvalue weighted by Gasteiger charge is -2.09. The van der Waals surface area contributed by atoms with Crippen LogP contribution in [-0.2, 0) is 6.54 Å². The molecule has 3 nitrogen and oxygen atoms in total. The van der Waals surface area contributed by atoms with Gasteiger partial charge in [-0.1, -0.05) is 44.7 Å². The van der Waals surface area contributed by atoms with Crippen molar-refractivity contribution in [2.45, 2.75) is 45.6 Å². The molecule has 3 heteroatoms. The van der Waals surface area contributed by atoms with Gasteiger partial charge in [0.2, 0.25) is 0 Å². The molecule has 1 N–H and O–H groups in total. The summed E-state index contributed by atoms with van der Waals surface area (Å²) in [5.41, 5.74) is 2.32. The Bertz CT molecular complexity index is 563. The SMILES string of the molecule is CCCCCCCOc1ccc(CNc2ccc(OC)cc2)cc1. The van der Waals surface area contributed by atoms with Crippen LogP contribution in [0.15, 0.2) is 48.5 Å². The summed E-state index contributed by atoms with van der Waals surface area (Å²) >= 11 is 0. The first kappa shape index (κ1) is 18.2. The van der Waals surface area contributed by atoms with Crippen LogP contribution in [0.4, 0.5) is 5.69 Å². The second-order valence-electron chi connectivity index (χ2n) is 5.99. The zero-order valence-electron chi connectivity index (χ0n) is 14.9. The predicted octanol–water partition coefficient (Wildman–Crippen LogP) is 5.66. The molecule has 0 atom stereocenters. The van der Waals surface area contributed by atoms with Gasteiger partial charge < -0.3 is 14.8 Å². The number of nitrogens with one attached hydrogen (secondary N) is 1. The van der Waals surface area contributed by atoms with Crippen LogP contribution in [0.5, 0.6) is 11.5 Å². The van der Waals surface area contributed by atoms with Crippen molar-refractivity contribution in [1.29, 1.82) is 0 Å². The maximum Gasteiger partial charge on any atom is 0.119 e. The molecular weight excluding hydrogens is 298 g/mol. The molecule has 0 saturated heterocycles. The van der Waals surface area contributed by atoms with E-state index < -0.39 is 0 Å². The van der Waals surface area contributed by atoms with Crippen LogP contribution < -0.4 is 14.8 Å². The second kappa shape index (κ2) is 10.6. The molecule has 0 aromatic heterocycles. The minimum atomic E-state index is 0.795. The Kier molecular flexibility index (Phi) is 8.02. The van der Waals surface area contributed by atoms with E-state index in [2.05, 4.69) is 36.5 Å². The van der Waals surface area contributed by atoms with E-state index in [1.54, 1.807) is 7.11 Å². The standard InChI is InChI=1S/C21H29NO2/c1-3-4-5-6-7-16-24-21-12-8-18(9-13-21)17-22-19-10-14-20(23-2)15-11-19/h8-15,22H,3-7,16-17H2,1-2H3. The molecule has 0 fully saturated rings. The van der Waals surface area contributed by atoms with Crippen molar-refractivity contribution in [1.82, 2.24) is 0 Å². The van der Waals surface area contributed by atoms with E-state index in [1.807, 2.05) is 24.3 Å². The van der Waals surface area contributed by atoms with Gasteiger partial charge in [-0.25, -0.2) is 0 Å². The summed E-state index contributed by atoms with van der Waals surface area (Å²) < 4.78 is 11.0. The molecule has 24 heavy (non-hydrogen) atoms. The number of ether oxygens (including phenoxy) is 2. The van der Waals surface area contributed by atoms with Gasteiger partial charge in [-0.05, 0) is 48.4 Å². The Hall–Kier alpha value is -2.16. The van der Waals surface area contributed by atoms with Gasteiger partial charge in [-0.3, -0.25) is 0 Å². The Morgan fingerprint density at radius 3 is 2.12 bits per heavy atom. The van der Waals surface area contributed by atoms with Crippen molar-refractivity contribution in [3.05, 3.63) is 54.1 Å². The molecule has 0 radical (unpaired) electrons. The monoisotopic (exact) mass is 327 g/mol.